The third-order valence-corrected chi connectivity index (χ3v) is 3.40. The van der Waals surface area contributed by atoms with Crippen molar-refractivity contribution in [3.8, 4) is 0 Å². The van der Waals surface area contributed by atoms with Gasteiger partial charge in [0.25, 0.3) is 0 Å². The highest BCUT2D eigenvalue weighted by molar-refractivity contribution is 5.92. The molecule has 0 saturated heterocycles. The first-order valence-corrected chi connectivity index (χ1v) is 6.89. The molecule has 0 aliphatic heterocycles. The monoisotopic (exact) mass is 284 g/mol. The van der Waals surface area contributed by atoms with Crippen LogP contribution in [0, 0.1) is 6.92 Å². The van der Waals surface area contributed by atoms with Crippen LogP contribution in [0.3, 0.4) is 0 Å². The number of nitrogens with zero attached hydrogens (tertiary/aromatic N) is 1. The molecular formula is C17H20N2O2. The fourth-order valence-electron chi connectivity index (χ4n) is 2.24. The van der Waals surface area contributed by atoms with Crippen molar-refractivity contribution < 1.29 is 9.53 Å². The molecule has 21 heavy (non-hydrogen) atoms. The van der Waals surface area contributed by atoms with Crippen LogP contribution in [0.5, 0.6) is 0 Å². The number of aryl methyl sites for hydroxylation is 1. The minimum atomic E-state index is -0.365. The number of ether oxygens (including phenoxy) is 1. The number of esters is 1. The van der Waals surface area contributed by atoms with E-state index in [1.54, 1.807) is 18.2 Å². The Morgan fingerprint density at radius 3 is 2.43 bits per heavy atom. The number of nitrogen functional groups attached to an aromatic ring is 1. The van der Waals surface area contributed by atoms with Crippen molar-refractivity contribution in [2.24, 2.45) is 0 Å². The first kappa shape index (κ1) is 14.9. The molecule has 2 aromatic rings. The van der Waals surface area contributed by atoms with Crippen molar-refractivity contribution in [3.63, 3.8) is 0 Å². The molecule has 0 amide bonds. The van der Waals surface area contributed by atoms with Crippen LogP contribution in [0.4, 0.5) is 17.1 Å². The molecule has 0 spiro atoms. The molecule has 2 aromatic carbocycles. The summed E-state index contributed by atoms with van der Waals surface area (Å²) >= 11 is 0. The lowest BCUT2D eigenvalue weighted by Crippen LogP contribution is -2.18. The van der Waals surface area contributed by atoms with E-state index in [0.717, 1.165) is 17.9 Å². The highest BCUT2D eigenvalue weighted by Gasteiger charge is 2.14. The van der Waals surface area contributed by atoms with E-state index < -0.39 is 0 Å². The second-order valence-electron chi connectivity index (χ2n) is 4.84. The Kier molecular flexibility index (Phi) is 4.48. The molecule has 0 fully saturated rings. The number of hydrogen-bond acceptors (Lipinski definition) is 4. The second-order valence-corrected chi connectivity index (χ2v) is 4.84. The topological polar surface area (TPSA) is 55.6 Å². The summed E-state index contributed by atoms with van der Waals surface area (Å²) in [5, 5.41) is 0. The summed E-state index contributed by atoms with van der Waals surface area (Å²) in [5.74, 6) is -0.365. The highest BCUT2D eigenvalue weighted by atomic mass is 16.5. The smallest absolute Gasteiger partial charge is 0.337 e. The van der Waals surface area contributed by atoms with E-state index in [4.69, 9.17) is 10.5 Å². The Labute approximate surface area is 125 Å². The molecule has 4 nitrogen and oxygen atoms in total. The van der Waals surface area contributed by atoms with Gasteiger partial charge in [-0.05, 0) is 44.2 Å². The molecule has 0 saturated carbocycles. The van der Waals surface area contributed by atoms with E-state index in [-0.39, 0.29) is 5.97 Å². The largest absolute Gasteiger partial charge is 0.465 e. The Bertz CT molecular complexity index is 636. The molecule has 110 valence electrons. The third kappa shape index (κ3) is 3.16. The van der Waals surface area contributed by atoms with Gasteiger partial charge in [-0.15, -0.1) is 0 Å². The second kappa shape index (κ2) is 6.31. The van der Waals surface area contributed by atoms with Crippen molar-refractivity contribution in [2.75, 3.05) is 24.3 Å². The zero-order valence-electron chi connectivity index (χ0n) is 12.6. The van der Waals surface area contributed by atoms with Gasteiger partial charge in [-0.2, -0.15) is 0 Å². The summed E-state index contributed by atoms with van der Waals surface area (Å²) in [6.07, 6.45) is 0. The number of anilines is 3. The summed E-state index contributed by atoms with van der Waals surface area (Å²) < 4.78 is 4.77. The Hall–Kier alpha value is -2.49. The predicted octanol–water partition coefficient (Wildman–Crippen LogP) is 3.52. The maximum absolute atomic E-state index is 11.7. The average molecular weight is 284 g/mol. The molecule has 0 atom stereocenters. The van der Waals surface area contributed by atoms with Gasteiger partial charge >= 0.3 is 5.97 Å². The molecule has 0 aliphatic carbocycles. The number of rotatable bonds is 4. The van der Waals surface area contributed by atoms with Crippen molar-refractivity contribution in [3.05, 3.63) is 53.6 Å². The zero-order valence-corrected chi connectivity index (χ0v) is 12.6. The van der Waals surface area contributed by atoms with Gasteiger partial charge in [-0.3, -0.25) is 0 Å². The average Bonchev–Trinajstić information content (AvgIpc) is 2.50. The van der Waals surface area contributed by atoms with Crippen molar-refractivity contribution in [1.29, 1.82) is 0 Å². The Morgan fingerprint density at radius 1 is 1.19 bits per heavy atom. The fourth-order valence-corrected chi connectivity index (χ4v) is 2.24. The Morgan fingerprint density at radius 2 is 1.86 bits per heavy atom. The number of hydrogen-bond donors (Lipinski definition) is 1. The molecule has 0 aliphatic rings. The number of carbonyl (C=O) groups excluding carboxylic acids is 1. The number of benzene rings is 2. The van der Waals surface area contributed by atoms with Crippen LogP contribution in [-0.4, -0.2) is 19.6 Å². The molecule has 0 bridgehead atoms. The number of carbonyl (C=O) groups is 1. The molecule has 4 heteroatoms. The zero-order chi connectivity index (χ0) is 15.4. The third-order valence-electron chi connectivity index (χ3n) is 3.40. The van der Waals surface area contributed by atoms with E-state index in [1.807, 2.05) is 26.0 Å². The highest BCUT2D eigenvalue weighted by Crippen LogP contribution is 2.31. The quantitative estimate of drug-likeness (QED) is 0.689. The standard InChI is InChI=1S/C17H20N2O2/c1-4-19(14-8-5-12(2)6-9-14)16-11-13(17(20)21-3)7-10-15(16)18/h5-11H,4,18H2,1-3H3. The van der Waals surface area contributed by atoms with Crippen molar-refractivity contribution in [1.82, 2.24) is 0 Å². The van der Waals surface area contributed by atoms with Gasteiger partial charge in [0.2, 0.25) is 0 Å². The lowest BCUT2D eigenvalue weighted by Gasteiger charge is -2.25. The van der Waals surface area contributed by atoms with E-state index in [2.05, 4.69) is 17.0 Å². The van der Waals surface area contributed by atoms with Crippen LogP contribution in [0.1, 0.15) is 22.8 Å². The first-order valence-electron chi connectivity index (χ1n) is 6.89. The molecule has 0 radical (unpaired) electrons. The van der Waals surface area contributed by atoms with E-state index >= 15 is 0 Å². The van der Waals surface area contributed by atoms with Crippen LogP contribution < -0.4 is 10.6 Å². The van der Waals surface area contributed by atoms with Gasteiger partial charge in [0.15, 0.2) is 0 Å². The van der Waals surface area contributed by atoms with Gasteiger partial charge in [-0.25, -0.2) is 4.79 Å². The number of nitrogens with two attached hydrogens (primary N) is 1. The lowest BCUT2D eigenvalue weighted by atomic mass is 10.1. The molecule has 2 rings (SSSR count). The molecule has 0 aromatic heterocycles. The van der Waals surface area contributed by atoms with Crippen LogP contribution in [-0.2, 0) is 4.74 Å². The van der Waals surface area contributed by atoms with Gasteiger partial charge in [0, 0.05) is 12.2 Å². The van der Waals surface area contributed by atoms with Crippen molar-refractivity contribution in [2.45, 2.75) is 13.8 Å². The van der Waals surface area contributed by atoms with E-state index in [0.29, 0.717) is 11.3 Å². The van der Waals surface area contributed by atoms with Crippen LogP contribution >= 0.6 is 0 Å². The summed E-state index contributed by atoms with van der Waals surface area (Å²) in [4.78, 5) is 13.8. The van der Waals surface area contributed by atoms with Gasteiger partial charge in [-0.1, -0.05) is 17.7 Å². The predicted molar refractivity (Wildman–Crippen MR) is 86.1 cm³/mol. The maximum Gasteiger partial charge on any atom is 0.337 e. The van der Waals surface area contributed by atoms with E-state index in [1.165, 1.54) is 12.7 Å². The lowest BCUT2D eigenvalue weighted by molar-refractivity contribution is 0.0601. The summed E-state index contributed by atoms with van der Waals surface area (Å²) in [6.45, 7) is 4.84. The summed E-state index contributed by atoms with van der Waals surface area (Å²) in [7, 11) is 1.37. The first-order chi connectivity index (χ1) is 10.1. The van der Waals surface area contributed by atoms with Gasteiger partial charge < -0.3 is 15.4 Å². The van der Waals surface area contributed by atoms with Crippen molar-refractivity contribution >= 4 is 23.0 Å². The SMILES string of the molecule is CCN(c1ccc(C)cc1)c1cc(C(=O)OC)ccc1N. The normalized spacial score (nSPS) is 10.2. The summed E-state index contributed by atoms with van der Waals surface area (Å²) in [6, 6.07) is 13.4. The van der Waals surface area contributed by atoms with Gasteiger partial charge in [0.05, 0.1) is 24.0 Å². The van der Waals surface area contributed by atoms with Gasteiger partial charge in [0.1, 0.15) is 0 Å². The summed E-state index contributed by atoms with van der Waals surface area (Å²) in [5.41, 5.74) is 10.3. The molecular weight excluding hydrogens is 264 g/mol. The molecule has 0 unspecified atom stereocenters. The minimum absolute atomic E-state index is 0.365. The van der Waals surface area contributed by atoms with Crippen LogP contribution in [0.15, 0.2) is 42.5 Å². The number of methoxy groups -OCH3 is 1. The van der Waals surface area contributed by atoms with E-state index in [9.17, 15) is 4.79 Å². The molecule has 0 heterocycles. The van der Waals surface area contributed by atoms with Crippen LogP contribution in [0.2, 0.25) is 0 Å². The van der Waals surface area contributed by atoms with Crippen LogP contribution in [0.25, 0.3) is 0 Å². The fraction of sp³-hybridized carbons (Fsp3) is 0.235. The minimum Gasteiger partial charge on any atom is -0.465 e. The maximum atomic E-state index is 11.7. The molecule has 2 N–H and O–H groups in total. The Balaban J connectivity index is 2.46.